The molecule has 0 N–H and O–H groups in total. The highest BCUT2D eigenvalue weighted by Gasteiger charge is 2.24. The monoisotopic (exact) mass is 375 g/mol. The lowest BCUT2D eigenvalue weighted by atomic mass is 10.0. The molecule has 0 bridgehead atoms. The van der Waals surface area contributed by atoms with Crippen LogP contribution in [0.4, 0.5) is 17.1 Å². The van der Waals surface area contributed by atoms with Crippen molar-refractivity contribution in [1.29, 1.82) is 0 Å². The number of carbonyl (C=O) groups is 2. The Kier molecular flexibility index (Phi) is 5.75. The summed E-state index contributed by atoms with van der Waals surface area (Å²) in [4.78, 5) is 26.7. The van der Waals surface area contributed by atoms with E-state index >= 15 is 0 Å². The molecule has 5 nitrogen and oxygen atoms in total. The van der Waals surface area contributed by atoms with Crippen LogP contribution in [-0.4, -0.2) is 26.2 Å². The number of carbonyl (C=O) groups excluding carboxylic acids is 2. The molecule has 0 spiro atoms. The minimum absolute atomic E-state index is 0.396. The maximum absolute atomic E-state index is 12.4. The summed E-state index contributed by atoms with van der Waals surface area (Å²) in [6, 6.07) is 22.1. The minimum Gasteiger partial charge on any atom is -0.465 e. The summed E-state index contributed by atoms with van der Waals surface area (Å²) < 4.78 is 9.94. The zero-order valence-corrected chi connectivity index (χ0v) is 16.0. The molecule has 0 saturated heterocycles. The van der Waals surface area contributed by atoms with Crippen molar-refractivity contribution in [1.82, 2.24) is 0 Å². The summed E-state index contributed by atoms with van der Waals surface area (Å²) in [5, 5.41) is 0. The first-order valence-corrected chi connectivity index (χ1v) is 8.79. The van der Waals surface area contributed by atoms with E-state index in [0.717, 1.165) is 11.3 Å². The minimum atomic E-state index is -0.454. The van der Waals surface area contributed by atoms with Crippen LogP contribution < -0.4 is 4.90 Å². The Morgan fingerprint density at radius 1 is 0.643 bits per heavy atom. The first-order chi connectivity index (χ1) is 13.6. The molecule has 5 heteroatoms. The van der Waals surface area contributed by atoms with E-state index in [1.54, 1.807) is 24.3 Å². The van der Waals surface area contributed by atoms with Gasteiger partial charge >= 0.3 is 11.9 Å². The molecule has 0 aromatic heterocycles. The summed E-state index contributed by atoms with van der Waals surface area (Å²) in [7, 11) is 2.69. The number of aryl methyl sites for hydroxylation is 1. The Hall–Kier alpha value is -3.60. The fraction of sp³-hybridized carbons (Fsp3) is 0.130. The van der Waals surface area contributed by atoms with Crippen LogP contribution in [0.5, 0.6) is 0 Å². The Labute approximate surface area is 164 Å². The number of nitrogens with zero attached hydrogens (tertiary/aromatic N) is 1. The van der Waals surface area contributed by atoms with Gasteiger partial charge in [-0.05, 0) is 42.8 Å². The molecule has 0 heterocycles. The molecule has 3 rings (SSSR count). The SMILES string of the molecule is COC(=O)c1ccccc1N(c1ccccc1C)c1ccccc1C(=O)OC. The molecule has 0 aliphatic heterocycles. The lowest BCUT2D eigenvalue weighted by molar-refractivity contribution is 0.0594. The largest absolute Gasteiger partial charge is 0.465 e. The van der Waals surface area contributed by atoms with Gasteiger partial charge in [-0.15, -0.1) is 0 Å². The zero-order chi connectivity index (χ0) is 20.1. The van der Waals surface area contributed by atoms with Gasteiger partial charge in [0.25, 0.3) is 0 Å². The Balaban J connectivity index is 2.33. The van der Waals surface area contributed by atoms with Crippen molar-refractivity contribution in [3.8, 4) is 0 Å². The van der Waals surface area contributed by atoms with E-state index in [-0.39, 0.29) is 0 Å². The van der Waals surface area contributed by atoms with E-state index in [4.69, 9.17) is 9.47 Å². The Morgan fingerprint density at radius 3 is 1.46 bits per heavy atom. The third-order valence-corrected chi connectivity index (χ3v) is 4.46. The molecule has 0 unspecified atom stereocenters. The predicted octanol–water partition coefficient (Wildman–Crippen LogP) is 5.04. The van der Waals surface area contributed by atoms with Crippen LogP contribution in [0, 0.1) is 6.92 Å². The molecule has 0 saturated carbocycles. The summed E-state index contributed by atoms with van der Waals surface area (Å²) in [5.74, 6) is -0.908. The van der Waals surface area contributed by atoms with E-state index < -0.39 is 11.9 Å². The van der Waals surface area contributed by atoms with Gasteiger partial charge in [-0.25, -0.2) is 9.59 Å². The second-order valence-corrected chi connectivity index (χ2v) is 6.14. The second-order valence-electron chi connectivity index (χ2n) is 6.14. The number of rotatable bonds is 5. The van der Waals surface area contributed by atoms with Gasteiger partial charge < -0.3 is 14.4 Å². The van der Waals surface area contributed by atoms with Crippen LogP contribution in [0.3, 0.4) is 0 Å². The molecule has 0 atom stereocenters. The fourth-order valence-electron chi connectivity index (χ4n) is 3.11. The summed E-state index contributed by atoms with van der Waals surface area (Å²) in [6.07, 6.45) is 0. The lowest BCUT2D eigenvalue weighted by Gasteiger charge is -2.29. The van der Waals surface area contributed by atoms with Crippen molar-refractivity contribution >= 4 is 29.0 Å². The van der Waals surface area contributed by atoms with Crippen molar-refractivity contribution < 1.29 is 19.1 Å². The standard InChI is InChI=1S/C23H21NO4/c1-16-10-4-7-13-19(16)24(20-14-8-5-11-17(20)22(25)27-2)21-15-9-6-12-18(21)23(26)28-3/h4-15H,1-3H3. The zero-order valence-electron chi connectivity index (χ0n) is 16.0. The molecular formula is C23H21NO4. The van der Waals surface area contributed by atoms with Crippen molar-refractivity contribution in [2.45, 2.75) is 6.92 Å². The van der Waals surface area contributed by atoms with E-state index in [0.29, 0.717) is 22.5 Å². The van der Waals surface area contributed by atoms with Gasteiger partial charge in [-0.3, -0.25) is 0 Å². The average Bonchev–Trinajstić information content (AvgIpc) is 2.75. The van der Waals surface area contributed by atoms with Crippen molar-refractivity contribution in [3.05, 3.63) is 89.5 Å². The van der Waals surface area contributed by atoms with Crippen LogP contribution in [0.1, 0.15) is 26.3 Å². The maximum atomic E-state index is 12.4. The number of benzene rings is 3. The van der Waals surface area contributed by atoms with Gasteiger partial charge in [0.1, 0.15) is 0 Å². The highest BCUT2D eigenvalue weighted by atomic mass is 16.5. The third-order valence-electron chi connectivity index (χ3n) is 4.46. The van der Waals surface area contributed by atoms with Crippen LogP contribution in [0.15, 0.2) is 72.8 Å². The summed E-state index contributed by atoms with van der Waals surface area (Å²) in [6.45, 7) is 1.98. The van der Waals surface area contributed by atoms with E-state index in [9.17, 15) is 9.59 Å². The number of hydrogen-bond acceptors (Lipinski definition) is 5. The smallest absolute Gasteiger partial charge is 0.339 e. The number of para-hydroxylation sites is 3. The van der Waals surface area contributed by atoms with E-state index in [1.165, 1.54) is 14.2 Å². The van der Waals surface area contributed by atoms with Gasteiger partial charge in [0.2, 0.25) is 0 Å². The maximum Gasteiger partial charge on any atom is 0.339 e. The van der Waals surface area contributed by atoms with Gasteiger partial charge in [-0.2, -0.15) is 0 Å². The third kappa shape index (κ3) is 3.60. The fourth-order valence-corrected chi connectivity index (χ4v) is 3.11. The van der Waals surface area contributed by atoms with Crippen LogP contribution in [0.25, 0.3) is 0 Å². The van der Waals surface area contributed by atoms with E-state index in [2.05, 4.69) is 0 Å². The van der Waals surface area contributed by atoms with Gasteiger partial charge in [0.05, 0.1) is 36.7 Å². The molecule has 3 aromatic carbocycles. The van der Waals surface area contributed by atoms with Crippen molar-refractivity contribution in [3.63, 3.8) is 0 Å². The Bertz CT molecular complexity index is 953. The molecule has 0 amide bonds. The van der Waals surface area contributed by atoms with Gasteiger partial charge in [-0.1, -0.05) is 42.5 Å². The molecule has 142 valence electrons. The van der Waals surface area contributed by atoms with Gasteiger partial charge in [0.15, 0.2) is 0 Å². The molecular weight excluding hydrogens is 354 g/mol. The van der Waals surface area contributed by atoms with Gasteiger partial charge in [0, 0.05) is 5.69 Å². The van der Waals surface area contributed by atoms with Crippen LogP contribution in [-0.2, 0) is 9.47 Å². The molecule has 0 aliphatic rings. The molecule has 0 radical (unpaired) electrons. The van der Waals surface area contributed by atoms with Crippen molar-refractivity contribution in [2.24, 2.45) is 0 Å². The molecule has 3 aromatic rings. The molecule has 0 fully saturated rings. The van der Waals surface area contributed by atoms with Crippen LogP contribution >= 0.6 is 0 Å². The Morgan fingerprint density at radius 2 is 1.04 bits per heavy atom. The number of esters is 2. The topological polar surface area (TPSA) is 55.8 Å². The molecule has 28 heavy (non-hydrogen) atoms. The quantitative estimate of drug-likeness (QED) is 0.585. The van der Waals surface area contributed by atoms with Crippen molar-refractivity contribution in [2.75, 3.05) is 19.1 Å². The highest BCUT2D eigenvalue weighted by molar-refractivity contribution is 6.03. The lowest BCUT2D eigenvalue weighted by Crippen LogP contribution is -2.19. The number of hydrogen-bond donors (Lipinski definition) is 0. The number of ether oxygens (including phenoxy) is 2. The first kappa shape index (κ1) is 19.2. The van der Waals surface area contributed by atoms with E-state index in [1.807, 2.05) is 60.4 Å². The normalized spacial score (nSPS) is 10.2. The molecule has 0 aliphatic carbocycles. The highest BCUT2D eigenvalue weighted by Crippen LogP contribution is 2.40. The summed E-state index contributed by atoms with van der Waals surface area (Å²) >= 11 is 0. The first-order valence-electron chi connectivity index (χ1n) is 8.79. The second kappa shape index (κ2) is 8.39. The van der Waals surface area contributed by atoms with Crippen LogP contribution in [0.2, 0.25) is 0 Å². The number of methoxy groups -OCH3 is 2. The average molecular weight is 375 g/mol. The number of anilines is 3. The predicted molar refractivity (Wildman–Crippen MR) is 109 cm³/mol. The summed E-state index contributed by atoms with van der Waals surface area (Å²) in [5.41, 5.74) is 3.85.